The van der Waals surface area contributed by atoms with Crippen molar-refractivity contribution in [3.8, 4) is 0 Å². The summed E-state index contributed by atoms with van der Waals surface area (Å²) in [5.41, 5.74) is 0. The predicted molar refractivity (Wildman–Crippen MR) is 36.2 cm³/mol. The van der Waals surface area contributed by atoms with Gasteiger partial charge in [0.05, 0.1) is 0 Å². The Morgan fingerprint density at radius 2 is 1.50 bits per heavy atom. The average Bonchev–Trinajstić information content (AvgIpc) is 1.09. The summed E-state index contributed by atoms with van der Waals surface area (Å²) < 4.78 is 46.5. The molecule has 0 heterocycles. The van der Waals surface area contributed by atoms with Gasteiger partial charge in [-0.15, -0.1) is 0 Å². The van der Waals surface area contributed by atoms with Crippen molar-refractivity contribution in [2.45, 2.75) is 18.7 Å². The van der Waals surface area contributed by atoms with Crippen molar-refractivity contribution in [2.75, 3.05) is 6.16 Å². The molecule has 0 aromatic rings. The van der Waals surface area contributed by atoms with Crippen molar-refractivity contribution in [1.82, 2.24) is 0 Å². The van der Waals surface area contributed by atoms with Crippen LogP contribution in [0.15, 0.2) is 0 Å². The van der Waals surface area contributed by atoms with Gasteiger partial charge in [0.25, 0.3) is 0 Å². The van der Waals surface area contributed by atoms with Crippen molar-refractivity contribution in [3.63, 3.8) is 0 Å². The summed E-state index contributed by atoms with van der Waals surface area (Å²) in [7, 11) is -7.38. The summed E-state index contributed by atoms with van der Waals surface area (Å²) in [6, 6.07) is 0. The molecule has 0 aliphatic carbocycles. The van der Waals surface area contributed by atoms with Crippen LogP contribution in [0.3, 0.4) is 0 Å². The van der Waals surface area contributed by atoms with E-state index in [1.807, 2.05) is 0 Å². The third-order valence-electron chi connectivity index (χ3n) is 0.615. The van der Waals surface area contributed by atoms with Gasteiger partial charge in [-0.2, -0.15) is 0 Å². The molecule has 0 aliphatic heterocycles. The van der Waals surface area contributed by atoms with Crippen molar-refractivity contribution >= 4 is 19.4 Å². The van der Waals surface area contributed by atoms with E-state index < -0.39 is 18.9 Å². The van der Waals surface area contributed by atoms with Crippen LogP contribution in [-0.2, 0) is 0 Å². The number of alkyl halides is 1. The van der Waals surface area contributed by atoms with Crippen LogP contribution in [0.2, 0.25) is 0 Å². The van der Waals surface area contributed by atoms with Gasteiger partial charge in [0.1, 0.15) is 0 Å². The molecule has 0 saturated carbocycles. The molecule has 0 spiro atoms. The first kappa shape index (κ1) is 10.4. The van der Waals surface area contributed by atoms with Crippen molar-refractivity contribution < 1.29 is 16.8 Å². The van der Waals surface area contributed by atoms with Gasteiger partial charge in [0.2, 0.25) is 0 Å². The molecule has 0 unspecified atom stereocenters. The number of halogens is 5. The summed E-state index contributed by atoms with van der Waals surface area (Å²) in [4.78, 5) is -1.52. The van der Waals surface area contributed by atoms with Gasteiger partial charge >= 0.3 is 61.1 Å². The Morgan fingerprint density at radius 1 is 1.20 bits per heavy atom. The first-order valence-corrected chi connectivity index (χ1v) is 4.90. The first-order valence-electron chi connectivity index (χ1n) is 2.53. The van der Waals surface area contributed by atoms with Crippen LogP contribution < -0.4 is 0 Å². The third kappa shape index (κ3) is 8.44. The van der Waals surface area contributed by atoms with E-state index in [2.05, 4.69) is 0 Å². The molecule has 6 heteroatoms. The molecule has 0 nitrogen and oxygen atoms in total. The van der Waals surface area contributed by atoms with E-state index in [9.17, 15) is 16.8 Å². The maximum absolute atomic E-state index is 11.6. The zero-order valence-corrected chi connectivity index (χ0v) is 7.19. The first-order chi connectivity index (χ1) is 3.96. The zero-order valence-electron chi connectivity index (χ0n) is 5.54. The Morgan fingerprint density at radius 3 is 1.50 bits per heavy atom. The fraction of sp³-hybridized carbons (Fsp3) is 1.00. The Bertz CT molecular complexity index is 123. The minimum absolute atomic E-state index is 1.13. The van der Waals surface area contributed by atoms with Crippen LogP contribution in [0, 0.1) is 0 Å². The van der Waals surface area contributed by atoms with E-state index in [0.29, 0.717) is 0 Å². The summed E-state index contributed by atoms with van der Waals surface area (Å²) >= 11 is 5.18. The van der Waals surface area contributed by atoms with E-state index >= 15 is 0 Å². The fourth-order valence-corrected chi connectivity index (χ4v) is 2.25. The van der Waals surface area contributed by atoms with Crippen LogP contribution in [0.4, 0.5) is 16.8 Å². The van der Waals surface area contributed by atoms with E-state index in [4.69, 9.17) is 11.6 Å². The normalized spacial score (nSPS) is 18.1. The molecular weight excluding hydrogens is 190 g/mol. The Balaban J connectivity index is 4.18. The van der Waals surface area contributed by atoms with Gasteiger partial charge in [-0.25, -0.2) is 0 Å². The molecule has 64 valence electrons. The van der Waals surface area contributed by atoms with Crippen LogP contribution in [-0.4, -0.2) is 11.0 Å². The van der Waals surface area contributed by atoms with E-state index in [0.717, 1.165) is 13.8 Å². The molecule has 10 heavy (non-hydrogen) atoms. The molecular formula is C4H8ClF4P. The van der Waals surface area contributed by atoms with Crippen LogP contribution >= 0.6 is 19.4 Å². The van der Waals surface area contributed by atoms with Gasteiger partial charge in [-0.3, -0.25) is 0 Å². The summed E-state index contributed by atoms with van der Waals surface area (Å²) in [5, 5.41) is 0. The molecule has 0 N–H and O–H groups in total. The Labute approximate surface area is 62.0 Å². The molecule has 0 aromatic carbocycles. The van der Waals surface area contributed by atoms with Crippen molar-refractivity contribution in [2.24, 2.45) is 0 Å². The van der Waals surface area contributed by atoms with Gasteiger partial charge in [0.15, 0.2) is 0 Å². The SMILES string of the molecule is CC(C)(Cl)CP(F)(F)(F)F. The molecule has 0 rings (SSSR count). The number of rotatable bonds is 2. The van der Waals surface area contributed by atoms with Crippen molar-refractivity contribution in [3.05, 3.63) is 0 Å². The van der Waals surface area contributed by atoms with Crippen molar-refractivity contribution in [1.29, 1.82) is 0 Å². The molecule has 0 radical (unpaired) electrons. The standard InChI is InChI=1S/C4H8ClF4P/c1-4(2,5)3-10(6,7,8)9/h3H2,1-2H3. The topological polar surface area (TPSA) is 0 Å². The fourth-order valence-electron chi connectivity index (χ4n) is 0.568. The van der Waals surface area contributed by atoms with Crippen LogP contribution in [0.5, 0.6) is 0 Å². The van der Waals surface area contributed by atoms with Crippen LogP contribution in [0.1, 0.15) is 13.8 Å². The summed E-state index contributed by atoms with van der Waals surface area (Å²) in [5.74, 6) is 0. The monoisotopic (exact) mass is 198 g/mol. The zero-order chi connectivity index (χ0) is 8.65. The quantitative estimate of drug-likeness (QED) is 0.356. The molecule has 0 saturated heterocycles. The van der Waals surface area contributed by atoms with E-state index in [1.54, 1.807) is 0 Å². The Hall–Kier alpha value is 0.440. The molecule has 0 aromatic heterocycles. The van der Waals surface area contributed by atoms with Gasteiger partial charge < -0.3 is 0 Å². The molecule has 0 fully saturated rings. The molecule has 0 amide bonds. The third-order valence-corrected chi connectivity index (χ3v) is 2.20. The predicted octanol–water partition coefficient (Wildman–Crippen LogP) is 4.10. The molecule has 0 bridgehead atoms. The second kappa shape index (κ2) is 2.21. The second-order valence-corrected chi connectivity index (χ2v) is 5.80. The van der Waals surface area contributed by atoms with Gasteiger partial charge in [-0.05, 0) is 0 Å². The summed E-state index contributed by atoms with van der Waals surface area (Å²) in [6.07, 6.45) is -1.51. The van der Waals surface area contributed by atoms with Gasteiger partial charge in [-0.1, -0.05) is 0 Å². The van der Waals surface area contributed by atoms with E-state index in [-0.39, 0.29) is 0 Å². The minimum atomic E-state index is -7.38. The molecule has 0 aliphatic rings. The summed E-state index contributed by atoms with van der Waals surface area (Å²) in [6.45, 7) is 2.27. The second-order valence-electron chi connectivity index (χ2n) is 2.74. The maximum atomic E-state index is 11.6. The molecule has 0 atom stereocenters. The Kier molecular flexibility index (Phi) is 2.31. The number of hydrogen-bond donors (Lipinski definition) is 0. The van der Waals surface area contributed by atoms with Gasteiger partial charge in [0, 0.05) is 0 Å². The van der Waals surface area contributed by atoms with E-state index in [1.165, 1.54) is 0 Å². The average molecular weight is 199 g/mol. The number of hydrogen-bond acceptors (Lipinski definition) is 0. The van der Waals surface area contributed by atoms with Crippen LogP contribution in [0.25, 0.3) is 0 Å².